The SMILES string of the molecule is CC(C)(C)OC(=O)C(C)(C)O/N=C(\C(=O)N[C@@H]1C(=O)N2C(C(=O)O)=C(C[n+]3ccccc3)CS[C@H]12)c1csc(N)n1. The number of β-lactam (4-membered cyclic amide) rings is 1. The molecule has 0 radical (unpaired) electrons. The normalized spacial score (nSPS) is 19.3. The van der Waals surface area contributed by atoms with Crippen LogP contribution < -0.4 is 15.6 Å². The van der Waals surface area contributed by atoms with E-state index in [2.05, 4.69) is 15.5 Å². The molecule has 2 aliphatic heterocycles. The predicted octanol–water partition coefficient (Wildman–Crippen LogP) is 1.29. The van der Waals surface area contributed by atoms with Crippen molar-refractivity contribution in [1.82, 2.24) is 15.2 Å². The first kappa shape index (κ1) is 30.0. The molecule has 41 heavy (non-hydrogen) atoms. The van der Waals surface area contributed by atoms with Crippen molar-refractivity contribution in [2.45, 2.75) is 63.8 Å². The zero-order chi connectivity index (χ0) is 30.1. The third-order valence-electron chi connectivity index (χ3n) is 5.92. The number of carbonyl (C=O) groups is 4. The first-order valence-electron chi connectivity index (χ1n) is 12.5. The van der Waals surface area contributed by atoms with Crippen LogP contribution in [-0.2, 0) is 35.3 Å². The van der Waals surface area contributed by atoms with Crippen LogP contribution in [0.4, 0.5) is 5.13 Å². The molecule has 4 rings (SSSR count). The molecule has 1 saturated heterocycles. The van der Waals surface area contributed by atoms with E-state index in [-0.39, 0.29) is 22.2 Å². The summed E-state index contributed by atoms with van der Waals surface area (Å²) in [5.74, 6) is -2.96. The van der Waals surface area contributed by atoms with E-state index in [0.717, 1.165) is 11.3 Å². The van der Waals surface area contributed by atoms with Crippen LogP contribution in [0, 0.1) is 0 Å². The van der Waals surface area contributed by atoms with E-state index in [1.165, 1.54) is 35.9 Å². The Bertz CT molecular complexity index is 1430. The Morgan fingerprint density at radius 1 is 1.22 bits per heavy atom. The van der Waals surface area contributed by atoms with Crippen molar-refractivity contribution >= 4 is 57.7 Å². The second kappa shape index (κ2) is 11.5. The minimum atomic E-state index is -1.56. The highest BCUT2D eigenvalue weighted by Gasteiger charge is 2.55. The van der Waals surface area contributed by atoms with Crippen molar-refractivity contribution in [3.05, 3.63) is 52.9 Å². The topological polar surface area (TPSA) is 177 Å². The first-order chi connectivity index (χ1) is 19.2. The van der Waals surface area contributed by atoms with Crippen molar-refractivity contribution in [3.8, 4) is 0 Å². The lowest BCUT2D eigenvalue weighted by molar-refractivity contribution is -0.689. The molecule has 2 aromatic heterocycles. The van der Waals surface area contributed by atoms with Crippen LogP contribution in [0.5, 0.6) is 0 Å². The zero-order valence-corrected chi connectivity index (χ0v) is 24.7. The van der Waals surface area contributed by atoms with Crippen LogP contribution in [0.25, 0.3) is 0 Å². The van der Waals surface area contributed by atoms with E-state index < -0.39 is 46.4 Å². The number of aliphatic carboxylic acids is 1. The number of fused-ring (bicyclic) bond motifs is 1. The van der Waals surface area contributed by atoms with E-state index in [4.69, 9.17) is 15.3 Å². The van der Waals surface area contributed by atoms with Gasteiger partial charge in [0.05, 0.1) is 0 Å². The number of anilines is 1. The number of thiazole rings is 1. The van der Waals surface area contributed by atoms with Gasteiger partial charge in [0.25, 0.3) is 11.8 Å². The van der Waals surface area contributed by atoms with E-state index >= 15 is 0 Å². The number of aromatic nitrogens is 2. The number of nitrogens with one attached hydrogen (secondary N) is 1. The maximum atomic E-state index is 13.4. The maximum Gasteiger partial charge on any atom is 0.353 e. The Morgan fingerprint density at radius 2 is 1.90 bits per heavy atom. The summed E-state index contributed by atoms with van der Waals surface area (Å²) in [5, 5.41) is 17.5. The summed E-state index contributed by atoms with van der Waals surface area (Å²) in [7, 11) is 0. The molecule has 2 atom stereocenters. The Kier molecular flexibility index (Phi) is 8.40. The maximum absolute atomic E-state index is 13.4. The number of nitrogens with zero attached hydrogens (tertiary/aromatic N) is 4. The van der Waals surface area contributed by atoms with E-state index in [0.29, 0.717) is 17.9 Å². The Labute approximate surface area is 244 Å². The van der Waals surface area contributed by atoms with Crippen molar-refractivity contribution in [2.75, 3.05) is 11.5 Å². The Balaban J connectivity index is 1.54. The molecule has 0 aromatic carbocycles. The van der Waals surface area contributed by atoms with Gasteiger partial charge in [-0.2, -0.15) is 0 Å². The van der Waals surface area contributed by atoms with E-state index in [1.54, 1.807) is 20.8 Å². The number of ether oxygens (including phenoxy) is 1. The number of carboxylic acid groups (broad SMARTS) is 1. The van der Waals surface area contributed by atoms with Gasteiger partial charge in [-0.25, -0.2) is 19.1 Å². The monoisotopic (exact) mass is 603 g/mol. The summed E-state index contributed by atoms with van der Waals surface area (Å²) in [4.78, 5) is 62.1. The Morgan fingerprint density at radius 3 is 2.49 bits per heavy atom. The number of carbonyl (C=O) groups excluding carboxylic acids is 3. The predicted molar refractivity (Wildman–Crippen MR) is 150 cm³/mol. The lowest BCUT2D eigenvalue weighted by Crippen LogP contribution is -2.71. The zero-order valence-electron chi connectivity index (χ0n) is 23.1. The van der Waals surface area contributed by atoms with Gasteiger partial charge in [-0.05, 0) is 34.6 Å². The molecular weight excluding hydrogens is 572 g/mol. The molecule has 13 nitrogen and oxygen atoms in total. The van der Waals surface area contributed by atoms with Crippen molar-refractivity contribution in [1.29, 1.82) is 0 Å². The van der Waals surface area contributed by atoms with Gasteiger partial charge in [-0.15, -0.1) is 23.1 Å². The molecule has 0 bridgehead atoms. The quantitative estimate of drug-likeness (QED) is 0.124. The molecule has 2 aromatic rings. The summed E-state index contributed by atoms with van der Waals surface area (Å²) in [6.07, 6.45) is 3.62. The summed E-state index contributed by atoms with van der Waals surface area (Å²) in [6.45, 7) is 8.29. The van der Waals surface area contributed by atoms with Crippen LogP contribution in [0.3, 0.4) is 0 Å². The van der Waals surface area contributed by atoms with Gasteiger partial charge < -0.3 is 25.7 Å². The van der Waals surface area contributed by atoms with Gasteiger partial charge in [-0.1, -0.05) is 11.2 Å². The fourth-order valence-corrected chi connectivity index (χ4v) is 5.86. The number of rotatable bonds is 9. The molecule has 0 spiro atoms. The van der Waals surface area contributed by atoms with Gasteiger partial charge >= 0.3 is 11.9 Å². The minimum absolute atomic E-state index is 0.0817. The van der Waals surface area contributed by atoms with Crippen molar-refractivity contribution in [3.63, 3.8) is 0 Å². The number of hydrogen-bond acceptors (Lipinski definition) is 11. The average Bonchev–Trinajstić information content (AvgIpc) is 3.32. The number of thioether (sulfide) groups is 1. The third kappa shape index (κ3) is 6.68. The van der Waals surface area contributed by atoms with Gasteiger partial charge in [0.15, 0.2) is 29.8 Å². The number of esters is 1. The summed E-state index contributed by atoms with van der Waals surface area (Å²) in [5.41, 5.74) is 3.68. The lowest BCUT2D eigenvalue weighted by atomic mass is 10.0. The van der Waals surface area contributed by atoms with Crippen LogP contribution in [0.1, 0.15) is 40.3 Å². The Hall–Kier alpha value is -3.98. The highest BCUT2D eigenvalue weighted by atomic mass is 32.2. The van der Waals surface area contributed by atoms with Crippen molar-refractivity contribution < 1.29 is 38.4 Å². The third-order valence-corrected chi connectivity index (χ3v) is 7.94. The van der Waals surface area contributed by atoms with Crippen LogP contribution >= 0.6 is 23.1 Å². The van der Waals surface area contributed by atoms with Gasteiger partial charge in [0, 0.05) is 28.8 Å². The van der Waals surface area contributed by atoms with Crippen molar-refractivity contribution in [2.24, 2.45) is 5.16 Å². The molecule has 0 unspecified atom stereocenters. The molecule has 0 aliphatic carbocycles. The van der Waals surface area contributed by atoms with Gasteiger partial charge in [0.1, 0.15) is 28.4 Å². The standard InChI is InChI=1S/C26H30N6O7S2/c1-25(2,3)38-23(37)26(4,5)39-30-16(15-13-41-24(27)28-15)19(33)29-17-20(34)32-18(22(35)36)14(12-40-21(17)32)11-31-9-7-6-8-10-31/h6-10,13,17,21H,11-12H2,1-5H3,(H3-,27,28,29,33,35,36)/p+1/b30-16-/t17-,21-/m1/s1. The fourth-order valence-electron chi connectivity index (χ4n) is 3.97. The molecule has 218 valence electrons. The van der Waals surface area contributed by atoms with Crippen LogP contribution in [-0.4, -0.2) is 72.8 Å². The molecule has 1 fully saturated rings. The minimum Gasteiger partial charge on any atom is -0.477 e. The molecule has 2 aliphatic rings. The van der Waals surface area contributed by atoms with Crippen LogP contribution in [0.2, 0.25) is 0 Å². The second-order valence-electron chi connectivity index (χ2n) is 10.8. The largest absolute Gasteiger partial charge is 0.477 e. The molecule has 4 heterocycles. The number of amides is 2. The second-order valence-corrected chi connectivity index (χ2v) is 12.8. The van der Waals surface area contributed by atoms with E-state index in [9.17, 15) is 24.3 Å². The summed E-state index contributed by atoms with van der Waals surface area (Å²) >= 11 is 2.41. The smallest absolute Gasteiger partial charge is 0.353 e. The number of nitrogens with two attached hydrogens (primary N) is 1. The molecule has 4 N–H and O–H groups in total. The highest BCUT2D eigenvalue weighted by molar-refractivity contribution is 8.00. The molecular formula is C26H31N6O7S2+. The number of oxime groups is 1. The van der Waals surface area contributed by atoms with E-state index in [1.807, 2.05) is 35.2 Å². The number of hydrogen-bond donors (Lipinski definition) is 3. The highest BCUT2D eigenvalue weighted by Crippen LogP contribution is 2.40. The summed E-state index contributed by atoms with van der Waals surface area (Å²) in [6, 6.07) is 4.48. The fraction of sp³-hybridized carbons (Fsp3) is 0.423. The van der Waals surface area contributed by atoms with Gasteiger partial charge in [-0.3, -0.25) is 14.5 Å². The van der Waals surface area contributed by atoms with Gasteiger partial charge in [0.2, 0.25) is 5.60 Å². The lowest BCUT2D eigenvalue weighted by Gasteiger charge is -2.49. The van der Waals surface area contributed by atoms with Crippen LogP contribution in [0.15, 0.2) is 52.4 Å². The molecule has 2 amide bonds. The number of nitrogen functional groups attached to an aromatic ring is 1. The first-order valence-corrected chi connectivity index (χ1v) is 14.5. The summed E-state index contributed by atoms with van der Waals surface area (Å²) < 4.78 is 7.19. The number of carboxylic acids is 1. The molecule has 15 heteroatoms. The molecule has 0 saturated carbocycles. The number of pyridine rings is 1. The average molecular weight is 604 g/mol.